The van der Waals surface area contributed by atoms with Gasteiger partial charge in [-0.15, -0.1) is 0 Å². The van der Waals surface area contributed by atoms with Gasteiger partial charge in [-0.05, 0) is 179 Å². The lowest BCUT2D eigenvalue weighted by molar-refractivity contribution is 1.29. The van der Waals surface area contributed by atoms with Crippen LogP contribution in [0.2, 0.25) is 0 Å². The van der Waals surface area contributed by atoms with E-state index < -0.39 is 0 Å². The predicted octanol–water partition coefficient (Wildman–Crippen LogP) is 20.2. The lowest BCUT2D eigenvalue weighted by Crippen LogP contribution is -1.94. The van der Waals surface area contributed by atoms with E-state index in [2.05, 4.69) is 278 Å². The molecule has 10 aromatic carbocycles. The second-order valence-electron chi connectivity index (χ2n) is 20.0. The summed E-state index contributed by atoms with van der Waals surface area (Å²) in [5, 5.41) is 0. The maximum absolute atomic E-state index is 4.88. The minimum absolute atomic E-state index is 0.946. The van der Waals surface area contributed by atoms with Crippen molar-refractivity contribution in [1.29, 1.82) is 0 Å². The molecule has 0 aliphatic heterocycles. The van der Waals surface area contributed by atoms with Crippen molar-refractivity contribution in [3.63, 3.8) is 0 Å². The third-order valence-corrected chi connectivity index (χ3v) is 15.0. The quantitative estimate of drug-likeness (QED) is 0.122. The number of hydrogen-bond acceptors (Lipinski definition) is 3. The van der Waals surface area contributed by atoms with E-state index in [0.29, 0.717) is 0 Å². The van der Waals surface area contributed by atoms with Gasteiger partial charge in [0, 0.05) is 35.3 Å². The molecule has 0 saturated carbocycles. The van der Waals surface area contributed by atoms with Crippen LogP contribution < -0.4 is 0 Å². The first kappa shape index (κ1) is 48.3. The lowest BCUT2D eigenvalue weighted by Gasteiger charge is -2.19. The number of pyridine rings is 3. The van der Waals surface area contributed by atoms with Crippen LogP contribution in [-0.4, -0.2) is 15.0 Å². The van der Waals surface area contributed by atoms with Crippen molar-refractivity contribution in [2.24, 2.45) is 0 Å². The molecule has 13 rings (SSSR count). The third-order valence-electron chi connectivity index (χ3n) is 15.0. The van der Waals surface area contributed by atoms with Crippen LogP contribution in [-0.2, 0) is 0 Å². The van der Waals surface area contributed by atoms with Crippen molar-refractivity contribution in [3.05, 3.63) is 309 Å². The molecule has 3 heterocycles. The number of nitrogens with zero attached hydrogens (tertiary/aromatic N) is 3. The first-order valence-corrected chi connectivity index (χ1v) is 26.9. The van der Waals surface area contributed by atoms with Gasteiger partial charge in [-0.25, -0.2) is 0 Å². The first-order valence-electron chi connectivity index (χ1n) is 26.9. The fourth-order valence-electron chi connectivity index (χ4n) is 11.0. The van der Waals surface area contributed by atoms with E-state index in [0.717, 1.165) is 123 Å². The maximum Gasteiger partial charge on any atom is 0.0704 e. The summed E-state index contributed by atoms with van der Waals surface area (Å²) in [6.07, 6.45) is 5.60. The number of hydrogen-bond donors (Lipinski definition) is 0. The van der Waals surface area contributed by atoms with Crippen LogP contribution >= 0.6 is 0 Å². The molecule has 0 N–H and O–H groups in total. The van der Waals surface area contributed by atoms with E-state index in [9.17, 15) is 0 Å². The van der Waals surface area contributed by atoms with Gasteiger partial charge in [0.05, 0.1) is 17.1 Å². The molecule has 372 valence electrons. The fraction of sp³-hybridized carbons (Fsp3) is 0.0132. The monoisotopic (exact) mass is 1010 g/mol. The summed E-state index contributed by atoms with van der Waals surface area (Å²) in [5.41, 5.74) is 27.9. The van der Waals surface area contributed by atoms with E-state index in [4.69, 9.17) is 4.98 Å². The lowest BCUT2D eigenvalue weighted by atomic mass is 9.84. The van der Waals surface area contributed by atoms with Crippen LogP contribution in [0, 0.1) is 6.92 Å². The van der Waals surface area contributed by atoms with Gasteiger partial charge < -0.3 is 0 Å². The van der Waals surface area contributed by atoms with Crippen LogP contribution in [0.3, 0.4) is 0 Å². The molecule has 0 bridgehead atoms. The summed E-state index contributed by atoms with van der Waals surface area (Å²) in [6, 6.07) is 103. The zero-order valence-electron chi connectivity index (χ0n) is 43.7. The normalized spacial score (nSPS) is 11.1. The van der Waals surface area contributed by atoms with Gasteiger partial charge in [-0.1, -0.05) is 218 Å². The molecule has 0 saturated heterocycles. The molecule has 0 radical (unpaired) electrons. The Labute approximate surface area is 462 Å². The first-order chi connectivity index (χ1) is 39.1. The summed E-state index contributed by atoms with van der Waals surface area (Å²) >= 11 is 0. The van der Waals surface area contributed by atoms with Crippen molar-refractivity contribution in [3.8, 4) is 134 Å². The Hall–Kier alpha value is -10.4. The zero-order chi connectivity index (χ0) is 52.9. The van der Waals surface area contributed by atoms with Crippen molar-refractivity contribution in [2.45, 2.75) is 6.92 Å². The average molecular weight is 1010 g/mol. The van der Waals surface area contributed by atoms with Crippen molar-refractivity contribution >= 4 is 0 Å². The molecule has 0 aliphatic carbocycles. The van der Waals surface area contributed by atoms with Crippen LogP contribution in [0.5, 0.6) is 0 Å². The van der Waals surface area contributed by atoms with Gasteiger partial charge in [0.1, 0.15) is 0 Å². The zero-order valence-corrected chi connectivity index (χ0v) is 43.7. The number of aryl methyl sites for hydroxylation is 1. The molecular weight excluding hydrogens is 955 g/mol. The summed E-state index contributed by atoms with van der Waals surface area (Å²) in [4.78, 5) is 14.1. The molecule has 0 atom stereocenters. The molecule has 0 fully saturated rings. The van der Waals surface area contributed by atoms with E-state index in [1.807, 2.05) is 42.9 Å². The number of benzene rings is 10. The molecule has 3 heteroatoms. The van der Waals surface area contributed by atoms with E-state index in [1.165, 1.54) is 16.7 Å². The average Bonchev–Trinajstić information content (AvgIpc) is 3.61. The van der Waals surface area contributed by atoms with Crippen LogP contribution in [0.15, 0.2) is 304 Å². The second-order valence-corrected chi connectivity index (χ2v) is 20.0. The Kier molecular flexibility index (Phi) is 13.3. The maximum atomic E-state index is 4.88. The highest BCUT2D eigenvalue weighted by molar-refractivity contribution is 5.98. The molecule has 0 amide bonds. The number of aromatic nitrogens is 3. The predicted molar refractivity (Wildman–Crippen MR) is 330 cm³/mol. The SMILES string of the molecule is Cc1ccnc(-c2ccc(-c3ccccc3-c3cc(-c4ccccc4-c4ccc(-c5ccccn5)cc4)cc(-c4ccccc4-c4ccc(-c5ccccn5)cc4)c3)c(-c3cccc(-c4ccc(-c5ccccc5)cc4)c3)c2)c1. The second kappa shape index (κ2) is 21.7. The molecule has 13 aromatic rings. The molecule has 79 heavy (non-hydrogen) atoms. The largest absolute Gasteiger partial charge is 0.256 e. The van der Waals surface area contributed by atoms with Crippen molar-refractivity contribution < 1.29 is 0 Å². The Morgan fingerprint density at radius 2 is 0.544 bits per heavy atom. The van der Waals surface area contributed by atoms with Crippen molar-refractivity contribution in [1.82, 2.24) is 15.0 Å². The Bertz CT molecular complexity index is 4120. The molecule has 3 nitrogen and oxygen atoms in total. The van der Waals surface area contributed by atoms with Crippen LogP contribution in [0.1, 0.15) is 5.56 Å². The summed E-state index contributed by atoms with van der Waals surface area (Å²) in [6.45, 7) is 2.13. The van der Waals surface area contributed by atoms with Crippen LogP contribution in [0.4, 0.5) is 0 Å². The van der Waals surface area contributed by atoms with E-state index in [-0.39, 0.29) is 0 Å². The molecule has 0 spiro atoms. The van der Waals surface area contributed by atoms with Gasteiger partial charge >= 0.3 is 0 Å². The number of rotatable bonds is 12. The standard InChI is InChI=1S/C76H53N3/c1-52-42-45-79-76(46-52)62-40-41-72(73(51-62)61-19-15-18-60(47-61)55-30-28-54(29-31-55)53-16-3-2-4-17-53)71-25-10-9-24-70(71)65-49-63(68-22-7-5-20-66(68)56-32-36-58(37-33-56)74-26-11-13-43-77-74)48-64(50-65)69-23-8-6-21-67(69)57-34-38-59(39-35-57)75-27-12-14-44-78-75/h2-51H,1H3. The van der Waals surface area contributed by atoms with Gasteiger partial charge in [0.25, 0.3) is 0 Å². The summed E-state index contributed by atoms with van der Waals surface area (Å²) in [7, 11) is 0. The highest BCUT2D eigenvalue weighted by Gasteiger charge is 2.19. The minimum atomic E-state index is 0.946. The van der Waals surface area contributed by atoms with E-state index in [1.54, 1.807) is 0 Å². The molecule has 0 unspecified atom stereocenters. The minimum Gasteiger partial charge on any atom is -0.256 e. The van der Waals surface area contributed by atoms with Crippen molar-refractivity contribution in [2.75, 3.05) is 0 Å². The van der Waals surface area contributed by atoms with Gasteiger partial charge in [0.2, 0.25) is 0 Å². The molecule has 0 aliphatic rings. The van der Waals surface area contributed by atoms with Gasteiger partial charge in [0.15, 0.2) is 0 Å². The van der Waals surface area contributed by atoms with Gasteiger partial charge in [-0.3, -0.25) is 15.0 Å². The Morgan fingerprint density at radius 1 is 0.177 bits per heavy atom. The van der Waals surface area contributed by atoms with Gasteiger partial charge in [-0.2, -0.15) is 0 Å². The topological polar surface area (TPSA) is 38.7 Å². The van der Waals surface area contributed by atoms with E-state index >= 15 is 0 Å². The van der Waals surface area contributed by atoms with Crippen LogP contribution in [0.25, 0.3) is 134 Å². The molecule has 3 aromatic heterocycles. The summed E-state index contributed by atoms with van der Waals surface area (Å²) in [5.74, 6) is 0. The third kappa shape index (κ3) is 10.1. The highest BCUT2D eigenvalue weighted by atomic mass is 14.7. The molecular formula is C76H53N3. The Balaban J connectivity index is 0.976. The summed E-state index contributed by atoms with van der Waals surface area (Å²) < 4.78 is 0. The smallest absolute Gasteiger partial charge is 0.0704 e. The highest BCUT2D eigenvalue weighted by Crippen LogP contribution is 2.45. The Morgan fingerprint density at radius 3 is 1.06 bits per heavy atom. The fourth-order valence-corrected chi connectivity index (χ4v) is 11.0.